The zero-order chi connectivity index (χ0) is 19.7. The van der Waals surface area contributed by atoms with Gasteiger partial charge in [0.1, 0.15) is 6.04 Å². The number of rotatable bonds is 6. The van der Waals surface area contributed by atoms with E-state index in [1.807, 2.05) is 13.0 Å². The topological polar surface area (TPSA) is 110 Å². The van der Waals surface area contributed by atoms with Gasteiger partial charge in [0.2, 0.25) is 17.6 Å². The van der Waals surface area contributed by atoms with E-state index in [0.717, 1.165) is 22.6 Å². The van der Waals surface area contributed by atoms with Gasteiger partial charge in [-0.15, -0.1) is 11.3 Å². The highest BCUT2D eigenvalue weighted by molar-refractivity contribution is 7.16. The van der Waals surface area contributed by atoms with Crippen molar-refractivity contribution in [3.05, 3.63) is 41.0 Å². The van der Waals surface area contributed by atoms with Crippen molar-refractivity contribution >= 4 is 28.8 Å². The molecule has 0 aromatic carbocycles. The molecule has 0 unspecified atom stereocenters. The molecule has 1 aliphatic rings. The molecule has 2 N–H and O–H groups in total. The lowest BCUT2D eigenvalue weighted by molar-refractivity contribution is -0.117. The van der Waals surface area contributed by atoms with Gasteiger partial charge in [0, 0.05) is 10.8 Å². The number of nitrogens with zero attached hydrogens (tertiary/aromatic N) is 2. The Bertz CT molecular complexity index is 988. The molecular weight excluding hydrogens is 380 g/mol. The highest BCUT2D eigenvalue weighted by atomic mass is 32.1. The first kappa shape index (κ1) is 18.4. The second-order valence-corrected chi connectivity index (χ2v) is 8.08. The number of hydrogen-bond donors (Lipinski definition) is 2. The van der Waals surface area contributed by atoms with Crippen LogP contribution in [0.3, 0.4) is 0 Å². The van der Waals surface area contributed by atoms with Crippen molar-refractivity contribution in [1.82, 2.24) is 15.5 Å². The van der Waals surface area contributed by atoms with Crippen LogP contribution in [-0.2, 0) is 4.79 Å². The van der Waals surface area contributed by atoms with E-state index < -0.39 is 11.9 Å². The van der Waals surface area contributed by atoms with Crippen molar-refractivity contribution in [2.75, 3.05) is 5.32 Å². The molecule has 0 aliphatic heterocycles. The third-order valence-corrected chi connectivity index (χ3v) is 5.82. The van der Waals surface area contributed by atoms with E-state index in [0.29, 0.717) is 23.3 Å². The summed E-state index contributed by atoms with van der Waals surface area (Å²) in [5, 5.41) is 9.52. The first-order chi connectivity index (χ1) is 13.5. The number of amides is 2. The Hall–Kier alpha value is -2.94. The number of carbonyl (C=O) groups excluding carboxylic acids is 2. The van der Waals surface area contributed by atoms with Crippen molar-refractivity contribution in [2.45, 2.75) is 45.1 Å². The van der Waals surface area contributed by atoms with E-state index in [1.54, 1.807) is 13.0 Å². The molecule has 0 radical (unpaired) electrons. The fourth-order valence-corrected chi connectivity index (χ4v) is 3.76. The van der Waals surface area contributed by atoms with Gasteiger partial charge in [-0.1, -0.05) is 11.6 Å². The number of nitrogens with one attached hydrogen (secondary N) is 2. The third-order valence-electron chi connectivity index (χ3n) is 4.78. The normalized spacial score (nSPS) is 15.1. The quantitative estimate of drug-likeness (QED) is 0.652. The van der Waals surface area contributed by atoms with Crippen molar-refractivity contribution < 1.29 is 18.5 Å². The van der Waals surface area contributed by atoms with E-state index in [1.165, 1.54) is 30.1 Å². The minimum absolute atomic E-state index is 0.160. The zero-order valence-electron chi connectivity index (χ0n) is 15.5. The molecule has 1 aliphatic carbocycles. The molecule has 28 heavy (non-hydrogen) atoms. The van der Waals surface area contributed by atoms with Gasteiger partial charge in [-0.2, -0.15) is 4.98 Å². The number of aryl methyl sites for hydroxylation is 1. The minimum atomic E-state index is -0.726. The van der Waals surface area contributed by atoms with Gasteiger partial charge in [0.15, 0.2) is 5.76 Å². The van der Waals surface area contributed by atoms with Gasteiger partial charge in [0.05, 0.1) is 16.8 Å². The molecule has 1 atom stereocenters. The molecule has 1 fully saturated rings. The lowest BCUT2D eigenvalue weighted by Crippen LogP contribution is -2.41. The van der Waals surface area contributed by atoms with Crippen LogP contribution in [0.4, 0.5) is 5.69 Å². The maximum atomic E-state index is 12.5. The first-order valence-corrected chi connectivity index (χ1v) is 9.92. The van der Waals surface area contributed by atoms with Crippen molar-refractivity contribution in [1.29, 1.82) is 0 Å². The summed E-state index contributed by atoms with van der Waals surface area (Å²) in [5.74, 6) is 0.997. The average Bonchev–Trinajstić information content (AvgIpc) is 3.35. The summed E-state index contributed by atoms with van der Waals surface area (Å²) in [6.45, 7) is 3.52. The van der Waals surface area contributed by atoms with Gasteiger partial charge in [-0.05, 0) is 44.9 Å². The monoisotopic (exact) mass is 400 g/mol. The summed E-state index contributed by atoms with van der Waals surface area (Å²) in [7, 11) is 0. The van der Waals surface area contributed by atoms with E-state index in [4.69, 9.17) is 8.94 Å². The maximum absolute atomic E-state index is 12.5. The molecular formula is C19H20N4O4S. The van der Waals surface area contributed by atoms with Crippen molar-refractivity contribution in [3.63, 3.8) is 0 Å². The van der Waals surface area contributed by atoms with E-state index in [9.17, 15) is 9.59 Å². The Labute approximate surface area is 165 Å². The molecule has 1 saturated carbocycles. The van der Waals surface area contributed by atoms with Gasteiger partial charge < -0.3 is 19.6 Å². The van der Waals surface area contributed by atoms with Gasteiger partial charge >= 0.3 is 0 Å². The molecule has 3 aromatic rings. The predicted molar refractivity (Wildman–Crippen MR) is 103 cm³/mol. The summed E-state index contributed by atoms with van der Waals surface area (Å²) < 4.78 is 10.4. The Morgan fingerprint density at radius 1 is 1.36 bits per heavy atom. The summed E-state index contributed by atoms with van der Waals surface area (Å²) in [5.41, 5.74) is 0.666. The predicted octanol–water partition coefficient (Wildman–Crippen LogP) is 3.72. The van der Waals surface area contributed by atoms with Crippen LogP contribution < -0.4 is 10.6 Å². The number of hydrogen-bond acceptors (Lipinski definition) is 7. The van der Waals surface area contributed by atoms with Crippen LogP contribution in [0.1, 0.15) is 53.4 Å². The lowest BCUT2D eigenvalue weighted by atomic mass is 9.85. The second-order valence-electron chi connectivity index (χ2n) is 6.83. The highest BCUT2D eigenvalue weighted by Gasteiger charge is 2.26. The van der Waals surface area contributed by atoms with Crippen LogP contribution in [0.15, 0.2) is 33.4 Å². The Morgan fingerprint density at radius 2 is 2.18 bits per heavy atom. The summed E-state index contributed by atoms with van der Waals surface area (Å²) >= 11 is 1.48. The van der Waals surface area contributed by atoms with Gasteiger partial charge in [-0.25, -0.2) is 0 Å². The zero-order valence-corrected chi connectivity index (χ0v) is 16.3. The van der Waals surface area contributed by atoms with E-state index in [-0.39, 0.29) is 11.7 Å². The Balaban J connectivity index is 1.41. The first-order valence-electron chi connectivity index (χ1n) is 9.11. The molecule has 2 amide bonds. The number of furan rings is 1. The fourth-order valence-electron chi connectivity index (χ4n) is 2.85. The van der Waals surface area contributed by atoms with E-state index in [2.05, 4.69) is 20.8 Å². The van der Waals surface area contributed by atoms with Crippen molar-refractivity contribution in [2.24, 2.45) is 0 Å². The van der Waals surface area contributed by atoms with Crippen molar-refractivity contribution in [3.8, 4) is 10.7 Å². The van der Waals surface area contributed by atoms with Crippen LogP contribution in [0, 0.1) is 6.92 Å². The van der Waals surface area contributed by atoms with Gasteiger partial charge in [-0.3, -0.25) is 9.59 Å². The number of aromatic nitrogens is 2. The molecule has 3 aromatic heterocycles. The Kier molecular flexibility index (Phi) is 4.99. The third kappa shape index (κ3) is 3.70. The molecule has 146 valence electrons. The molecule has 0 bridgehead atoms. The minimum Gasteiger partial charge on any atom is -0.459 e. The molecule has 3 heterocycles. The largest absolute Gasteiger partial charge is 0.459 e. The standard InChI is InChI=1S/C19H20N4O4S/c1-10(20-18(25)14-7-4-8-26-14)17(24)21-13-9-15(28-11(13)2)16-22-19(27-23-16)12-5-3-6-12/h4,7-10,12H,3,5-6H2,1-2H3,(H,20,25)(H,21,24)/t10-/m1/s1. The lowest BCUT2D eigenvalue weighted by Gasteiger charge is -2.20. The van der Waals surface area contributed by atoms with Crippen LogP contribution >= 0.6 is 11.3 Å². The number of carbonyl (C=O) groups is 2. The molecule has 4 rings (SSSR count). The summed E-state index contributed by atoms with van der Waals surface area (Å²) in [6, 6.07) is 4.26. The average molecular weight is 400 g/mol. The van der Waals surface area contributed by atoms with E-state index >= 15 is 0 Å². The molecule has 0 spiro atoms. The van der Waals surface area contributed by atoms with Crippen LogP contribution in [-0.4, -0.2) is 28.0 Å². The smallest absolute Gasteiger partial charge is 0.287 e. The fraction of sp³-hybridized carbons (Fsp3) is 0.368. The molecule has 0 saturated heterocycles. The Morgan fingerprint density at radius 3 is 2.86 bits per heavy atom. The van der Waals surface area contributed by atoms with Crippen LogP contribution in [0.2, 0.25) is 0 Å². The molecule has 9 heteroatoms. The maximum Gasteiger partial charge on any atom is 0.287 e. The SMILES string of the molecule is Cc1sc(-c2noc(C3CCC3)n2)cc1NC(=O)[C@@H](C)NC(=O)c1ccco1. The highest BCUT2D eigenvalue weighted by Crippen LogP contribution is 2.38. The van der Waals surface area contributed by atoms with Crippen LogP contribution in [0.25, 0.3) is 10.7 Å². The van der Waals surface area contributed by atoms with Crippen LogP contribution in [0.5, 0.6) is 0 Å². The second kappa shape index (κ2) is 7.59. The summed E-state index contributed by atoms with van der Waals surface area (Å²) in [4.78, 5) is 30.7. The molecule has 8 nitrogen and oxygen atoms in total. The number of thiophene rings is 1. The summed E-state index contributed by atoms with van der Waals surface area (Å²) in [6.07, 6.45) is 4.79. The number of anilines is 1. The van der Waals surface area contributed by atoms with Gasteiger partial charge in [0.25, 0.3) is 5.91 Å².